The van der Waals surface area contributed by atoms with Crippen LogP contribution < -0.4 is 9.80 Å². The van der Waals surface area contributed by atoms with Crippen LogP contribution in [0.5, 0.6) is 0 Å². The monoisotopic (exact) mass is 305 g/mol. The summed E-state index contributed by atoms with van der Waals surface area (Å²) in [6, 6.07) is 2.12. The molecule has 3 rings (SSSR count). The van der Waals surface area contributed by atoms with E-state index in [2.05, 4.69) is 32.7 Å². The van der Waals surface area contributed by atoms with Crippen LogP contribution in [0.4, 0.5) is 11.8 Å². The molecule has 1 aromatic rings. The third kappa shape index (κ3) is 3.67. The average molecular weight is 305 g/mol. The second-order valence-electron chi connectivity index (χ2n) is 6.18. The Labute approximate surface area is 133 Å². The van der Waals surface area contributed by atoms with Crippen molar-refractivity contribution in [2.24, 2.45) is 0 Å². The highest BCUT2D eigenvalue weighted by Crippen LogP contribution is 2.21. The molecule has 2 fully saturated rings. The van der Waals surface area contributed by atoms with E-state index in [1.165, 1.54) is 12.8 Å². The van der Waals surface area contributed by atoms with E-state index in [-0.39, 0.29) is 0 Å². The maximum absolute atomic E-state index is 5.16. The van der Waals surface area contributed by atoms with Gasteiger partial charge in [-0.25, -0.2) is 4.98 Å². The summed E-state index contributed by atoms with van der Waals surface area (Å²) in [4.78, 5) is 16.6. The highest BCUT2D eigenvalue weighted by molar-refractivity contribution is 5.46. The maximum Gasteiger partial charge on any atom is 0.227 e. The van der Waals surface area contributed by atoms with Crippen LogP contribution >= 0.6 is 0 Å². The molecule has 0 radical (unpaired) electrons. The number of piperazine rings is 1. The van der Waals surface area contributed by atoms with Crippen LogP contribution in [0.2, 0.25) is 0 Å². The van der Waals surface area contributed by atoms with Gasteiger partial charge in [0.15, 0.2) is 0 Å². The number of aryl methyl sites for hydroxylation is 1. The Morgan fingerprint density at radius 1 is 1.00 bits per heavy atom. The van der Waals surface area contributed by atoms with Crippen LogP contribution in [0.15, 0.2) is 6.07 Å². The number of nitrogens with zero attached hydrogens (tertiary/aromatic N) is 5. The van der Waals surface area contributed by atoms with Crippen LogP contribution in [-0.4, -0.2) is 74.4 Å². The van der Waals surface area contributed by atoms with Crippen molar-refractivity contribution in [1.82, 2.24) is 14.9 Å². The highest BCUT2D eigenvalue weighted by Gasteiger charge is 2.21. The van der Waals surface area contributed by atoms with E-state index in [0.29, 0.717) is 0 Å². The van der Waals surface area contributed by atoms with E-state index in [4.69, 9.17) is 9.72 Å². The average Bonchev–Trinajstić information content (AvgIpc) is 3.07. The zero-order valence-electron chi connectivity index (χ0n) is 13.8. The third-order valence-electron chi connectivity index (χ3n) is 4.53. The van der Waals surface area contributed by atoms with E-state index in [9.17, 15) is 0 Å². The quantitative estimate of drug-likeness (QED) is 0.813. The summed E-state index contributed by atoms with van der Waals surface area (Å²) in [5.74, 6) is 2.00. The van der Waals surface area contributed by atoms with Crippen molar-refractivity contribution in [2.75, 3.05) is 69.3 Å². The van der Waals surface area contributed by atoms with E-state index in [1.807, 2.05) is 0 Å². The summed E-state index contributed by atoms with van der Waals surface area (Å²) < 4.78 is 5.16. The highest BCUT2D eigenvalue weighted by atomic mass is 16.5. The molecule has 6 nitrogen and oxygen atoms in total. The fourth-order valence-corrected chi connectivity index (χ4v) is 3.18. The van der Waals surface area contributed by atoms with E-state index >= 15 is 0 Å². The molecule has 122 valence electrons. The lowest BCUT2D eigenvalue weighted by Crippen LogP contribution is -2.47. The smallest absolute Gasteiger partial charge is 0.227 e. The Balaban J connectivity index is 1.65. The van der Waals surface area contributed by atoms with Gasteiger partial charge in [-0.05, 0) is 19.8 Å². The largest absolute Gasteiger partial charge is 0.383 e. The maximum atomic E-state index is 5.16. The van der Waals surface area contributed by atoms with Gasteiger partial charge in [0.25, 0.3) is 0 Å². The molecule has 2 saturated heterocycles. The number of rotatable bonds is 5. The molecule has 2 aliphatic rings. The molecule has 0 aromatic carbocycles. The van der Waals surface area contributed by atoms with Crippen molar-refractivity contribution in [3.8, 4) is 0 Å². The molecule has 0 amide bonds. The second-order valence-corrected chi connectivity index (χ2v) is 6.18. The van der Waals surface area contributed by atoms with Crippen molar-refractivity contribution in [1.29, 1.82) is 0 Å². The van der Waals surface area contributed by atoms with Gasteiger partial charge < -0.3 is 14.5 Å². The number of ether oxygens (including phenoxy) is 1. The molecule has 3 heterocycles. The van der Waals surface area contributed by atoms with Gasteiger partial charge in [0.1, 0.15) is 5.82 Å². The first-order valence-corrected chi connectivity index (χ1v) is 8.33. The summed E-state index contributed by atoms with van der Waals surface area (Å²) in [6.07, 6.45) is 2.51. The minimum Gasteiger partial charge on any atom is -0.383 e. The lowest BCUT2D eigenvalue weighted by molar-refractivity contribution is 0.144. The molecule has 22 heavy (non-hydrogen) atoms. The summed E-state index contributed by atoms with van der Waals surface area (Å²) in [5.41, 5.74) is 1.06. The zero-order valence-corrected chi connectivity index (χ0v) is 13.8. The SMILES string of the molecule is COCCN1CCN(c2cc(C)nc(N3CCCC3)n2)CC1. The Hall–Kier alpha value is -1.40. The standard InChI is InChI=1S/C16H27N5O/c1-14-13-15(18-16(17-14)21-5-3-4-6-21)20-9-7-19(8-10-20)11-12-22-2/h13H,3-12H2,1-2H3. The molecular formula is C16H27N5O. The van der Waals surface area contributed by atoms with Crippen molar-refractivity contribution in [3.05, 3.63) is 11.8 Å². The van der Waals surface area contributed by atoms with Crippen LogP contribution in [-0.2, 0) is 4.74 Å². The predicted octanol–water partition coefficient (Wildman–Crippen LogP) is 1.15. The number of methoxy groups -OCH3 is 1. The summed E-state index contributed by atoms with van der Waals surface area (Å²) in [7, 11) is 1.76. The van der Waals surface area contributed by atoms with Crippen molar-refractivity contribution in [3.63, 3.8) is 0 Å². The first kappa shape index (κ1) is 15.5. The Kier molecular flexibility index (Phi) is 5.10. The summed E-state index contributed by atoms with van der Waals surface area (Å²) >= 11 is 0. The minimum atomic E-state index is 0.811. The molecule has 0 unspecified atom stereocenters. The molecule has 0 saturated carbocycles. The van der Waals surface area contributed by atoms with E-state index < -0.39 is 0 Å². The van der Waals surface area contributed by atoms with Gasteiger partial charge in [-0.1, -0.05) is 0 Å². The summed E-state index contributed by atoms with van der Waals surface area (Å²) in [5, 5.41) is 0. The summed E-state index contributed by atoms with van der Waals surface area (Å²) in [6.45, 7) is 10.3. The first-order valence-electron chi connectivity index (χ1n) is 8.33. The molecule has 0 atom stereocenters. The van der Waals surface area contributed by atoms with Crippen LogP contribution in [0.1, 0.15) is 18.5 Å². The second kappa shape index (κ2) is 7.24. The van der Waals surface area contributed by atoms with E-state index in [1.54, 1.807) is 7.11 Å². The van der Waals surface area contributed by atoms with Crippen molar-refractivity contribution < 1.29 is 4.74 Å². The lowest BCUT2D eigenvalue weighted by Gasteiger charge is -2.35. The van der Waals surface area contributed by atoms with Crippen LogP contribution in [0, 0.1) is 6.92 Å². The van der Waals surface area contributed by atoms with Gasteiger partial charge in [0, 0.05) is 64.7 Å². The van der Waals surface area contributed by atoms with Gasteiger partial charge in [-0.3, -0.25) is 4.90 Å². The van der Waals surface area contributed by atoms with Crippen molar-refractivity contribution in [2.45, 2.75) is 19.8 Å². The van der Waals surface area contributed by atoms with Gasteiger partial charge in [0.2, 0.25) is 5.95 Å². The molecule has 0 spiro atoms. The normalized spacial score (nSPS) is 19.9. The predicted molar refractivity (Wildman–Crippen MR) is 88.7 cm³/mol. The number of anilines is 2. The lowest BCUT2D eigenvalue weighted by atomic mass is 10.3. The van der Waals surface area contributed by atoms with Gasteiger partial charge in [-0.15, -0.1) is 0 Å². The molecule has 6 heteroatoms. The Morgan fingerprint density at radius 2 is 1.73 bits per heavy atom. The zero-order chi connectivity index (χ0) is 15.4. The first-order chi connectivity index (χ1) is 10.8. The fraction of sp³-hybridized carbons (Fsp3) is 0.750. The topological polar surface area (TPSA) is 44.7 Å². The van der Waals surface area contributed by atoms with Crippen molar-refractivity contribution >= 4 is 11.8 Å². The van der Waals surface area contributed by atoms with Gasteiger partial charge >= 0.3 is 0 Å². The molecule has 0 bridgehead atoms. The van der Waals surface area contributed by atoms with Crippen LogP contribution in [0.25, 0.3) is 0 Å². The molecule has 0 aliphatic carbocycles. The fourth-order valence-electron chi connectivity index (χ4n) is 3.18. The van der Waals surface area contributed by atoms with Gasteiger partial charge in [0.05, 0.1) is 6.61 Å². The Bertz CT molecular complexity index is 481. The molecule has 2 aliphatic heterocycles. The Morgan fingerprint density at radius 3 is 2.41 bits per heavy atom. The number of hydrogen-bond acceptors (Lipinski definition) is 6. The van der Waals surface area contributed by atoms with E-state index in [0.717, 1.165) is 69.9 Å². The number of aromatic nitrogens is 2. The molecule has 0 N–H and O–H groups in total. The molecular weight excluding hydrogens is 278 g/mol. The minimum absolute atomic E-state index is 0.811. The number of hydrogen-bond donors (Lipinski definition) is 0. The molecule has 1 aromatic heterocycles. The van der Waals surface area contributed by atoms with Gasteiger partial charge in [-0.2, -0.15) is 4.98 Å². The van der Waals surface area contributed by atoms with Crippen LogP contribution in [0.3, 0.4) is 0 Å². The third-order valence-corrected chi connectivity index (χ3v) is 4.53.